The number of anilines is 1. The lowest BCUT2D eigenvalue weighted by atomic mass is 10.1. The number of carbonyl (C=O) groups is 2. The molecule has 0 spiro atoms. The molecule has 10 heteroatoms. The summed E-state index contributed by atoms with van der Waals surface area (Å²) in [6, 6.07) is 7.55. The van der Waals surface area contributed by atoms with Crippen molar-refractivity contribution in [3.05, 3.63) is 40.3 Å². The van der Waals surface area contributed by atoms with Crippen LogP contribution in [0.1, 0.15) is 25.3 Å². The Bertz CT molecular complexity index is 904. The summed E-state index contributed by atoms with van der Waals surface area (Å²) in [5, 5.41) is 12.2. The van der Waals surface area contributed by atoms with Crippen LogP contribution in [0.5, 0.6) is 0 Å². The van der Waals surface area contributed by atoms with E-state index < -0.39 is 0 Å². The van der Waals surface area contributed by atoms with E-state index in [1.165, 1.54) is 4.57 Å². The lowest BCUT2D eigenvalue weighted by Gasteiger charge is -2.11. The van der Waals surface area contributed by atoms with Crippen LogP contribution in [0.3, 0.4) is 0 Å². The number of carbonyl (C=O) groups excluding carboxylic acids is 2. The van der Waals surface area contributed by atoms with Gasteiger partial charge in [-0.1, -0.05) is 36.9 Å². The fourth-order valence-electron chi connectivity index (χ4n) is 3.07. The molecule has 1 fully saturated rings. The Kier molecular flexibility index (Phi) is 7.48. The molecule has 0 bridgehead atoms. The van der Waals surface area contributed by atoms with E-state index in [0.717, 1.165) is 42.3 Å². The molecule has 9 nitrogen and oxygen atoms in total. The molecule has 3 rings (SSSR count). The number of hydrogen-bond donors (Lipinski definition) is 3. The zero-order valence-electron chi connectivity index (χ0n) is 16.3. The number of nitrogens with zero attached hydrogens (tertiary/aromatic N) is 2. The molecular formula is C19H25N5O4S. The number of thioether (sulfide) groups is 1. The van der Waals surface area contributed by atoms with Crippen LogP contribution in [0.25, 0.3) is 0 Å². The second kappa shape index (κ2) is 10.3. The number of para-hydroxylation sites is 1. The zero-order valence-corrected chi connectivity index (χ0v) is 17.1. The van der Waals surface area contributed by atoms with Crippen LogP contribution in [0, 0.1) is 0 Å². The molecule has 0 saturated carbocycles. The summed E-state index contributed by atoms with van der Waals surface area (Å²) in [6.07, 6.45) is 2.68. The zero-order chi connectivity index (χ0) is 20.6. The second-order valence-electron chi connectivity index (χ2n) is 6.68. The van der Waals surface area contributed by atoms with Crippen LogP contribution < -0.4 is 16.3 Å². The molecular weight excluding hydrogens is 394 g/mol. The first-order chi connectivity index (χ1) is 14.1. The molecule has 1 atom stereocenters. The molecule has 3 N–H and O–H groups in total. The van der Waals surface area contributed by atoms with Gasteiger partial charge in [0, 0.05) is 12.3 Å². The van der Waals surface area contributed by atoms with Gasteiger partial charge in [0.25, 0.3) is 0 Å². The number of aromatic amines is 1. The average Bonchev–Trinajstić information content (AvgIpc) is 3.36. The van der Waals surface area contributed by atoms with E-state index in [2.05, 4.69) is 20.8 Å². The maximum atomic E-state index is 12.1. The number of benzene rings is 1. The van der Waals surface area contributed by atoms with Crippen LogP contribution in [0.2, 0.25) is 0 Å². The summed E-state index contributed by atoms with van der Waals surface area (Å²) in [6.45, 7) is 3.00. The minimum absolute atomic E-state index is 0.00632. The third kappa shape index (κ3) is 5.94. The van der Waals surface area contributed by atoms with Gasteiger partial charge in [-0.25, -0.2) is 9.89 Å². The summed E-state index contributed by atoms with van der Waals surface area (Å²) < 4.78 is 7.05. The SMILES string of the molecule is CCc1ccccc1NC(=O)CNC(=O)CSc1n[nH]c(=O)n1C[C@H]1CCCO1. The van der Waals surface area contributed by atoms with E-state index in [1.54, 1.807) is 0 Å². The van der Waals surface area contributed by atoms with Gasteiger partial charge in [-0.15, -0.1) is 5.10 Å². The molecule has 1 aliphatic rings. The number of aryl methyl sites for hydroxylation is 1. The predicted octanol–water partition coefficient (Wildman–Crippen LogP) is 1.16. The van der Waals surface area contributed by atoms with Crippen LogP contribution in [0.15, 0.2) is 34.2 Å². The summed E-state index contributed by atoms with van der Waals surface area (Å²) in [5.74, 6) is -0.554. The highest BCUT2D eigenvalue weighted by Crippen LogP contribution is 2.18. The van der Waals surface area contributed by atoms with Gasteiger partial charge in [0.2, 0.25) is 11.8 Å². The summed E-state index contributed by atoms with van der Waals surface area (Å²) in [7, 11) is 0. The number of amides is 2. The number of hydrogen-bond acceptors (Lipinski definition) is 6. The molecule has 1 saturated heterocycles. The van der Waals surface area contributed by atoms with Crippen LogP contribution >= 0.6 is 11.8 Å². The van der Waals surface area contributed by atoms with Gasteiger partial charge in [0.1, 0.15) is 0 Å². The van der Waals surface area contributed by atoms with Crippen molar-refractivity contribution in [3.63, 3.8) is 0 Å². The molecule has 1 aromatic carbocycles. The van der Waals surface area contributed by atoms with Crippen molar-refractivity contribution >= 4 is 29.3 Å². The number of rotatable bonds is 9. The van der Waals surface area contributed by atoms with E-state index in [1.807, 2.05) is 31.2 Å². The van der Waals surface area contributed by atoms with Crippen molar-refractivity contribution in [2.75, 3.05) is 24.2 Å². The summed E-state index contributed by atoms with van der Waals surface area (Å²) in [5.41, 5.74) is 1.46. The van der Waals surface area contributed by atoms with E-state index in [0.29, 0.717) is 18.3 Å². The summed E-state index contributed by atoms with van der Waals surface area (Å²) >= 11 is 1.14. The smallest absolute Gasteiger partial charge is 0.344 e. The molecule has 156 valence electrons. The minimum atomic E-state index is -0.322. The van der Waals surface area contributed by atoms with Gasteiger partial charge in [0.05, 0.1) is 24.9 Å². The van der Waals surface area contributed by atoms with Gasteiger partial charge in [-0.2, -0.15) is 0 Å². The summed E-state index contributed by atoms with van der Waals surface area (Å²) in [4.78, 5) is 36.1. The van der Waals surface area contributed by atoms with Crippen molar-refractivity contribution in [2.24, 2.45) is 0 Å². The Labute approximate surface area is 172 Å². The minimum Gasteiger partial charge on any atom is -0.376 e. The van der Waals surface area contributed by atoms with Crippen molar-refractivity contribution in [1.82, 2.24) is 20.1 Å². The maximum absolute atomic E-state index is 12.1. The number of ether oxygens (including phenoxy) is 1. The third-order valence-corrected chi connectivity index (χ3v) is 5.56. The first-order valence-electron chi connectivity index (χ1n) is 9.61. The molecule has 1 aliphatic heterocycles. The number of nitrogens with one attached hydrogen (secondary N) is 3. The Morgan fingerprint density at radius 1 is 1.34 bits per heavy atom. The van der Waals surface area contributed by atoms with Crippen molar-refractivity contribution in [1.29, 1.82) is 0 Å². The fraction of sp³-hybridized carbons (Fsp3) is 0.474. The highest BCUT2D eigenvalue weighted by atomic mass is 32.2. The predicted molar refractivity (Wildman–Crippen MR) is 110 cm³/mol. The molecule has 2 amide bonds. The Balaban J connectivity index is 1.45. The Morgan fingerprint density at radius 2 is 2.17 bits per heavy atom. The molecule has 2 heterocycles. The standard InChI is InChI=1S/C19H25N5O4S/c1-2-13-6-3-4-8-15(13)21-16(25)10-20-17(26)12-29-19-23-22-18(27)24(19)11-14-7-5-9-28-14/h3-4,6,8,14H,2,5,7,9-12H2,1H3,(H,20,26)(H,21,25)(H,22,27)/t14-/m1/s1. The number of H-pyrrole nitrogens is 1. The van der Waals surface area contributed by atoms with E-state index in [-0.39, 0.29) is 35.9 Å². The Morgan fingerprint density at radius 3 is 2.93 bits per heavy atom. The van der Waals surface area contributed by atoms with E-state index in [4.69, 9.17) is 4.74 Å². The quantitative estimate of drug-likeness (QED) is 0.525. The third-order valence-electron chi connectivity index (χ3n) is 4.58. The van der Waals surface area contributed by atoms with E-state index in [9.17, 15) is 14.4 Å². The van der Waals surface area contributed by atoms with Gasteiger partial charge >= 0.3 is 5.69 Å². The Hall–Kier alpha value is -2.59. The molecule has 0 aliphatic carbocycles. The molecule has 2 aromatic rings. The van der Waals surface area contributed by atoms with Crippen molar-refractivity contribution < 1.29 is 14.3 Å². The highest BCUT2D eigenvalue weighted by molar-refractivity contribution is 7.99. The topological polar surface area (TPSA) is 118 Å². The lowest BCUT2D eigenvalue weighted by molar-refractivity contribution is -0.122. The largest absolute Gasteiger partial charge is 0.376 e. The van der Waals surface area contributed by atoms with E-state index >= 15 is 0 Å². The van der Waals surface area contributed by atoms with Crippen LogP contribution in [0.4, 0.5) is 5.69 Å². The van der Waals surface area contributed by atoms with Crippen molar-refractivity contribution in [2.45, 2.75) is 44.0 Å². The molecule has 29 heavy (non-hydrogen) atoms. The first-order valence-corrected chi connectivity index (χ1v) is 10.6. The highest BCUT2D eigenvalue weighted by Gasteiger charge is 2.20. The van der Waals surface area contributed by atoms with Crippen LogP contribution in [-0.2, 0) is 27.3 Å². The molecule has 1 aromatic heterocycles. The van der Waals surface area contributed by atoms with Gasteiger partial charge in [-0.05, 0) is 30.9 Å². The monoisotopic (exact) mass is 419 g/mol. The van der Waals surface area contributed by atoms with Crippen LogP contribution in [-0.4, -0.2) is 51.6 Å². The average molecular weight is 420 g/mol. The van der Waals surface area contributed by atoms with Gasteiger partial charge in [-0.3, -0.25) is 14.2 Å². The second-order valence-corrected chi connectivity index (χ2v) is 7.62. The molecule has 0 radical (unpaired) electrons. The first kappa shape index (κ1) is 21.1. The van der Waals surface area contributed by atoms with Gasteiger partial charge < -0.3 is 15.4 Å². The molecule has 0 unspecified atom stereocenters. The van der Waals surface area contributed by atoms with Crippen molar-refractivity contribution in [3.8, 4) is 0 Å². The fourth-order valence-corrected chi connectivity index (χ4v) is 3.86. The number of aromatic nitrogens is 3. The normalized spacial score (nSPS) is 16.0. The maximum Gasteiger partial charge on any atom is 0.344 e. The van der Waals surface area contributed by atoms with Gasteiger partial charge in [0.15, 0.2) is 5.16 Å². The lowest BCUT2D eigenvalue weighted by Crippen LogP contribution is -2.34.